The highest BCUT2D eigenvalue weighted by molar-refractivity contribution is 7.13. The molecule has 2 aliphatic rings. The van der Waals surface area contributed by atoms with E-state index in [2.05, 4.69) is 22.5 Å². The van der Waals surface area contributed by atoms with E-state index in [1.54, 1.807) is 0 Å². The van der Waals surface area contributed by atoms with Crippen molar-refractivity contribution in [2.24, 2.45) is 5.92 Å². The number of piperidine rings is 1. The summed E-state index contributed by atoms with van der Waals surface area (Å²) < 4.78 is 0. The second-order valence-corrected chi connectivity index (χ2v) is 6.73. The molecule has 0 spiro atoms. The Hall–Kier alpha value is -0.610. The fraction of sp³-hybridized carbons (Fsp3) is 0.800. The molecule has 2 unspecified atom stereocenters. The summed E-state index contributed by atoms with van der Waals surface area (Å²) >= 11 is 1.84. The van der Waals surface area contributed by atoms with Gasteiger partial charge in [0.2, 0.25) is 0 Å². The van der Waals surface area contributed by atoms with E-state index in [0.717, 1.165) is 25.0 Å². The molecule has 1 aliphatic heterocycles. The molecule has 0 amide bonds. The molecule has 2 fully saturated rings. The van der Waals surface area contributed by atoms with Crippen molar-refractivity contribution in [1.29, 1.82) is 0 Å². The molecular weight excluding hydrogens is 254 g/mol. The van der Waals surface area contributed by atoms with Crippen LogP contribution in [-0.4, -0.2) is 24.1 Å². The maximum atomic E-state index is 4.85. The zero-order valence-electron chi connectivity index (χ0n) is 11.9. The smallest absolute Gasteiger partial charge is 0.185 e. The van der Waals surface area contributed by atoms with Crippen molar-refractivity contribution in [2.45, 2.75) is 58.0 Å². The summed E-state index contributed by atoms with van der Waals surface area (Å²) in [7, 11) is 0. The monoisotopic (exact) mass is 279 g/mol. The number of nitrogens with one attached hydrogen (secondary N) is 1. The number of hydrogen-bond donors (Lipinski definition) is 1. The zero-order valence-corrected chi connectivity index (χ0v) is 12.7. The molecule has 106 valence electrons. The van der Waals surface area contributed by atoms with Gasteiger partial charge in [-0.3, -0.25) is 0 Å². The van der Waals surface area contributed by atoms with Gasteiger partial charge in [0.25, 0.3) is 0 Å². The van der Waals surface area contributed by atoms with Crippen LogP contribution in [0, 0.1) is 5.92 Å². The Bertz CT molecular complexity index is 404. The molecule has 0 bridgehead atoms. The first-order valence-electron chi connectivity index (χ1n) is 7.80. The van der Waals surface area contributed by atoms with Gasteiger partial charge in [-0.2, -0.15) is 0 Å². The summed E-state index contributed by atoms with van der Waals surface area (Å²) in [4.78, 5) is 7.45. The fourth-order valence-corrected chi connectivity index (χ4v) is 4.50. The quantitative estimate of drug-likeness (QED) is 0.837. The number of hydrogen-bond acceptors (Lipinski definition) is 4. The van der Waals surface area contributed by atoms with E-state index in [4.69, 9.17) is 4.98 Å². The van der Waals surface area contributed by atoms with Crippen LogP contribution in [0.2, 0.25) is 0 Å². The van der Waals surface area contributed by atoms with Crippen LogP contribution in [0.3, 0.4) is 0 Å². The molecule has 0 aromatic carbocycles. The van der Waals surface area contributed by atoms with Crippen molar-refractivity contribution in [1.82, 2.24) is 10.3 Å². The topological polar surface area (TPSA) is 28.2 Å². The third-order valence-corrected chi connectivity index (χ3v) is 5.44. The number of anilines is 1. The SMILES string of the molecule is CCCNCc1csc(N2CCCC3CCCC32)n1. The molecule has 1 aliphatic carbocycles. The predicted molar refractivity (Wildman–Crippen MR) is 81.8 cm³/mol. The first-order valence-corrected chi connectivity index (χ1v) is 8.68. The Morgan fingerprint density at radius 3 is 3.16 bits per heavy atom. The lowest BCUT2D eigenvalue weighted by molar-refractivity contribution is 0.362. The van der Waals surface area contributed by atoms with E-state index < -0.39 is 0 Å². The molecule has 1 saturated carbocycles. The second kappa shape index (κ2) is 6.23. The van der Waals surface area contributed by atoms with Gasteiger partial charge in [-0.15, -0.1) is 11.3 Å². The minimum atomic E-state index is 0.788. The van der Waals surface area contributed by atoms with Gasteiger partial charge in [0.1, 0.15) is 0 Å². The molecule has 4 heteroatoms. The first kappa shape index (κ1) is 13.4. The van der Waals surface area contributed by atoms with Gasteiger partial charge in [0.15, 0.2) is 5.13 Å². The average Bonchev–Trinajstić information content (AvgIpc) is 3.07. The molecule has 1 N–H and O–H groups in total. The summed E-state index contributed by atoms with van der Waals surface area (Å²) in [6.07, 6.45) is 8.22. The van der Waals surface area contributed by atoms with Crippen LogP contribution in [0.15, 0.2) is 5.38 Å². The predicted octanol–water partition coefficient (Wildman–Crippen LogP) is 3.41. The molecule has 3 rings (SSSR count). The Labute approximate surface area is 120 Å². The van der Waals surface area contributed by atoms with Crippen molar-refractivity contribution < 1.29 is 0 Å². The highest BCUT2D eigenvalue weighted by Crippen LogP contribution is 2.39. The van der Waals surface area contributed by atoms with Gasteiger partial charge in [-0.1, -0.05) is 13.3 Å². The number of rotatable bonds is 5. The van der Waals surface area contributed by atoms with Crippen LogP contribution in [0.1, 0.15) is 51.1 Å². The Kier molecular flexibility index (Phi) is 4.38. The van der Waals surface area contributed by atoms with Crippen molar-refractivity contribution in [2.75, 3.05) is 18.0 Å². The van der Waals surface area contributed by atoms with Crippen LogP contribution in [0.4, 0.5) is 5.13 Å². The highest BCUT2D eigenvalue weighted by atomic mass is 32.1. The maximum absolute atomic E-state index is 4.85. The maximum Gasteiger partial charge on any atom is 0.185 e. The van der Waals surface area contributed by atoms with Crippen LogP contribution < -0.4 is 10.2 Å². The Morgan fingerprint density at radius 1 is 1.37 bits per heavy atom. The van der Waals surface area contributed by atoms with E-state index in [1.165, 1.54) is 55.9 Å². The average molecular weight is 279 g/mol. The van der Waals surface area contributed by atoms with Crippen LogP contribution in [-0.2, 0) is 6.54 Å². The normalized spacial score (nSPS) is 26.7. The molecular formula is C15H25N3S. The van der Waals surface area contributed by atoms with Crippen molar-refractivity contribution in [3.63, 3.8) is 0 Å². The van der Waals surface area contributed by atoms with Crippen molar-refractivity contribution in [3.05, 3.63) is 11.1 Å². The third-order valence-electron chi connectivity index (χ3n) is 4.51. The van der Waals surface area contributed by atoms with Gasteiger partial charge in [0, 0.05) is 24.5 Å². The second-order valence-electron chi connectivity index (χ2n) is 5.89. The molecule has 2 heterocycles. The van der Waals surface area contributed by atoms with E-state index in [9.17, 15) is 0 Å². The zero-order chi connectivity index (χ0) is 13.1. The lowest BCUT2D eigenvalue weighted by atomic mass is 9.92. The molecule has 0 radical (unpaired) electrons. The van der Waals surface area contributed by atoms with Gasteiger partial charge in [-0.25, -0.2) is 4.98 Å². The van der Waals surface area contributed by atoms with Crippen LogP contribution >= 0.6 is 11.3 Å². The standard InChI is InChI=1S/C15H25N3S/c1-2-8-16-10-13-11-19-15(17-13)18-9-4-6-12-5-3-7-14(12)18/h11-12,14,16H,2-10H2,1H3. The molecule has 1 aromatic heterocycles. The number of fused-ring (bicyclic) bond motifs is 1. The van der Waals surface area contributed by atoms with Gasteiger partial charge >= 0.3 is 0 Å². The third kappa shape index (κ3) is 2.95. The van der Waals surface area contributed by atoms with Gasteiger partial charge in [0.05, 0.1) is 5.69 Å². The summed E-state index contributed by atoms with van der Waals surface area (Å²) in [6, 6.07) is 0.788. The first-order chi connectivity index (χ1) is 9.38. The summed E-state index contributed by atoms with van der Waals surface area (Å²) in [5.41, 5.74) is 1.22. The summed E-state index contributed by atoms with van der Waals surface area (Å²) in [6.45, 7) is 5.43. The number of thiazole rings is 1. The van der Waals surface area contributed by atoms with Crippen LogP contribution in [0.25, 0.3) is 0 Å². The molecule has 2 atom stereocenters. The Morgan fingerprint density at radius 2 is 2.26 bits per heavy atom. The van der Waals surface area contributed by atoms with E-state index in [1.807, 2.05) is 11.3 Å². The van der Waals surface area contributed by atoms with Crippen molar-refractivity contribution >= 4 is 16.5 Å². The van der Waals surface area contributed by atoms with E-state index in [-0.39, 0.29) is 0 Å². The minimum Gasteiger partial charge on any atom is -0.345 e. The van der Waals surface area contributed by atoms with E-state index in [0.29, 0.717) is 0 Å². The Balaban J connectivity index is 1.64. The fourth-order valence-electron chi connectivity index (χ4n) is 3.59. The number of nitrogens with zero attached hydrogens (tertiary/aromatic N) is 2. The minimum absolute atomic E-state index is 0.788. The molecule has 1 saturated heterocycles. The van der Waals surface area contributed by atoms with Crippen LogP contribution in [0.5, 0.6) is 0 Å². The van der Waals surface area contributed by atoms with Gasteiger partial charge in [-0.05, 0) is 44.6 Å². The van der Waals surface area contributed by atoms with E-state index >= 15 is 0 Å². The lowest BCUT2D eigenvalue weighted by Crippen LogP contribution is -2.42. The largest absolute Gasteiger partial charge is 0.345 e. The molecule has 3 nitrogen and oxygen atoms in total. The molecule has 19 heavy (non-hydrogen) atoms. The summed E-state index contributed by atoms with van der Waals surface area (Å²) in [5.74, 6) is 0.944. The lowest BCUT2D eigenvalue weighted by Gasteiger charge is -2.37. The summed E-state index contributed by atoms with van der Waals surface area (Å²) in [5, 5.41) is 6.94. The highest BCUT2D eigenvalue weighted by Gasteiger charge is 2.36. The molecule has 1 aromatic rings. The number of aromatic nitrogens is 1. The van der Waals surface area contributed by atoms with Gasteiger partial charge < -0.3 is 10.2 Å². The van der Waals surface area contributed by atoms with Crippen molar-refractivity contribution in [3.8, 4) is 0 Å².